The standard InChI is InChI=1S/C13H20N6/c1-4-14-13(16-10(2)3)15-9-12-18-17-11-7-5-6-8-19(11)12/h5-8,10H,4,9H2,1-3H3,(H2,14,15,16). The number of hydrogen-bond acceptors (Lipinski definition) is 3. The fourth-order valence-electron chi connectivity index (χ4n) is 1.74. The van der Waals surface area contributed by atoms with Crippen LogP contribution in [0.25, 0.3) is 5.65 Å². The van der Waals surface area contributed by atoms with Gasteiger partial charge in [0.2, 0.25) is 0 Å². The number of nitrogens with zero attached hydrogens (tertiary/aromatic N) is 4. The van der Waals surface area contributed by atoms with Crippen LogP contribution in [0.5, 0.6) is 0 Å². The van der Waals surface area contributed by atoms with E-state index in [4.69, 9.17) is 0 Å². The second-order valence-corrected chi connectivity index (χ2v) is 4.54. The molecule has 0 bridgehead atoms. The van der Waals surface area contributed by atoms with Crippen molar-refractivity contribution in [2.24, 2.45) is 4.99 Å². The van der Waals surface area contributed by atoms with Crippen molar-refractivity contribution in [3.63, 3.8) is 0 Å². The second-order valence-electron chi connectivity index (χ2n) is 4.54. The molecule has 0 amide bonds. The first-order valence-electron chi connectivity index (χ1n) is 6.54. The summed E-state index contributed by atoms with van der Waals surface area (Å²) in [6.45, 7) is 7.54. The SMILES string of the molecule is CCNC(=NCc1nnc2ccccn12)NC(C)C. The number of pyridine rings is 1. The minimum atomic E-state index is 0.341. The Morgan fingerprint density at radius 3 is 2.95 bits per heavy atom. The van der Waals surface area contributed by atoms with E-state index in [0.717, 1.165) is 24.0 Å². The van der Waals surface area contributed by atoms with Crippen molar-refractivity contribution in [2.45, 2.75) is 33.4 Å². The lowest BCUT2D eigenvalue weighted by atomic mass is 10.4. The molecular formula is C13H20N6. The van der Waals surface area contributed by atoms with E-state index < -0.39 is 0 Å². The number of rotatable bonds is 4. The summed E-state index contributed by atoms with van der Waals surface area (Å²) in [5, 5.41) is 14.7. The van der Waals surface area contributed by atoms with Crippen molar-refractivity contribution in [3.8, 4) is 0 Å². The molecule has 19 heavy (non-hydrogen) atoms. The number of nitrogens with one attached hydrogen (secondary N) is 2. The van der Waals surface area contributed by atoms with Gasteiger partial charge in [0.1, 0.15) is 6.54 Å². The number of hydrogen-bond donors (Lipinski definition) is 2. The topological polar surface area (TPSA) is 66.6 Å². The zero-order valence-electron chi connectivity index (χ0n) is 11.6. The maximum Gasteiger partial charge on any atom is 0.191 e. The Balaban J connectivity index is 2.14. The Bertz CT molecular complexity index is 557. The average molecular weight is 260 g/mol. The van der Waals surface area contributed by atoms with Crippen LogP contribution in [0, 0.1) is 0 Å². The highest BCUT2D eigenvalue weighted by Crippen LogP contribution is 2.03. The largest absolute Gasteiger partial charge is 0.357 e. The lowest BCUT2D eigenvalue weighted by molar-refractivity contribution is 0.698. The van der Waals surface area contributed by atoms with Crippen molar-refractivity contribution < 1.29 is 0 Å². The minimum Gasteiger partial charge on any atom is -0.357 e. The van der Waals surface area contributed by atoms with Crippen LogP contribution in [0.4, 0.5) is 0 Å². The Hall–Kier alpha value is -2.11. The van der Waals surface area contributed by atoms with Gasteiger partial charge in [-0.15, -0.1) is 10.2 Å². The molecule has 2 rings (SSSR count). The van der Waals surface area contributed by atoms with Gasteiger partial charge < -0.3 is 10.6 Å². The van der Waals surface area contributed by atoms with Crippen LogP contribution in [0.1, 0.15) is 26.6 Å². The van der Waals surface area contributed by atoms with Crippen LogP contribution in [-0.2, 0) is 6.54 Å². The maximum atomic E-state index is 4.52. The smallest absolute Gasteiger partial charge is 0.191 e. The van der Waals surface area contributed by atoms with E-state index in [0.29, 0.717) is 12.6 Å². The van der Waals surface area contributed by atoms with Gasteiger partial charge in [-0.1, -0.05) is 6.07 Å². The molecule has 0 aliphatic rings. The number of aliphatic imine (C=N–C) groups is 1. The zero-order chi connectivity index (χ0) is 13.7. The molecule has 2 aromatic rings. The third kappa shape index (κ3) is 3.43. The van der Waals surface area contributed by atoms with Crippen LogP contribution < -0.4 is 10.6 Å². The average Bonchev–Trinajstić information content (AvgIpc) is 2.79. The highest BCUT2D eigenvalue weighted by Gasteiger charge is 2.05. The third-order valence-corrected chi connectivity index (χ3v) is 2.53. The molecule has 0 aromatic carbocycles. The molecule has 6 nitrogen and oxygen atoms in total. The molecule has 0 saturated heterocycles. The van der Waals surface area contributed by atoms with Crippen LogP contribution >= 0.6 is 0 Å². The van der Waals surface area contributed by atoms with Gasteiger partial charge in [0, 0.05) is 18.8 Å². The third-order valence-electron chi connectivity index (χ3n) is 2.53. The molecule has 2 N–H and O–H groups in total. The summed E-state index contributed by atoms with van der Waals surface area (Å²) in [6, 6.07) is 6.17. The summed E-state index contributed by atoms with van der Waals surface area (Å²) in [7, 11) is 0. The predicted octanol–water partition coefficient (Wildman–Crippen LogP) is 1.19. The van der Waals surface area contributed by atoms with E-state index in [-0.39, 0.29) is 0 Å². The molecular weight excluding hydrogens is 240 g/mol. The van der Waals surface area contributed by atoms with Crippen molar-refractivity contribution in [3.05, 3.63) is 30.2 Å². The number of fused-ring (bicyclic) bond motifs is 1. The minimum absolute atomic E-state index is 0.341. The Morgan fingerprint density at radius 1 is 1.37 bits per heavy atom. The first-order valence-corrected chi connectivity index (χ1v) is 6.54. The lowest BCUT2D eigenvalue weighted by Gasteiger charge is -2.13. The van der Waals surface area contributed by atoms with Crippen LogP contribution in [-0.4, -0.2) is 33.1 Å². The monoisotopic (exact) mass is 260 g/mol. The molecule has 0 fully saturated rings. The zero-order valence-corrected chi connectivity index (χ0v) is 11.6. The quantitative estimate of drug-likeness (QED) is 0.640. The van der Waals surface area contributed by atoms with Gasteiger partial charge in [0.15, 0.2) is 17.4 Å². The molecule has 102 valence electrons. The maximum absolute atomic E-state index is 4.52. The fourth-order valence-corrected chi connectivity index (χ4v) is 1.74. The number of aromatic nitrogens is 3. The Kier molecular flexibility index (Phi) is 4.33. The summed E-state index contributed by atoms with van der Waals surface area (Å²) in [5.74, 6) is 1.63. The van der Waals surface area contributed by atoms with Crippen molar-refractivity contribution in [1.82, 2.24) is 25.2 Å². The van der Waals surface area contributed by atoms with E-state index in [1.807, 2.05) is 35.7 Å². The van der Waals surface area contributed by atoms with Crippen molar-refractivity contribution in [1.29, 1.82) is 0 Å². The summed E-state index contributed by atoms with van der Waals surface area (Å²) < 4.78 is 1.95. The molecule has 0 saturated carbocycles. The first-order chi connectivity index (χ1) is 9.20. The van der Waals surface area contributed by atoms with Gasteiger partial charge in [0.05, 0.1) is 0 Å². The molecule has 2 heterocycles. The van der Waals surface area contributed by atoms with E-state index in [1.165, 1.54) is 0 Å². The van der Waals surface area contributed by atoms with Crippen molar-refractivity contribution >= 4 is 11.6 Å². The molecule has 6 heteroatoms. The summed E-state index contributed by atoms with van der Waals surface area (Å²) in [5.41, 5.74) is 0.842. The van der Waals surface area contributed by atoms with Crippen molar-refractivity contribution in [2.75, 3.05) is 6.54 Å². The predicted molar refractivity (Wildman–Crippen MR) is 76.1 cm³/mol. The first kappa shape index (κ1) is 13.3. The second kappa shape index (κ2) is 6.17. The van der Waals surface area contributed by atoms with E-state index in [2.05, 4.69) is 39.7 Å². The summed E-state index contributed by atoms with van der Waals surface area (Å²) in [4.78, 5) is 4.52. The molecule has 0 atom stereocenters. The van der Waals surface area contributed by atoms with Crippen LogP contribution in [0.15, 0.2) is 29.4 Å². The van der Waals surface area contributed by atoms with Gasteiger partial charge in [-0.3, -0.25) is 4.40 Å². The molecule has 2 aromatic heterocycles. The fraction of sp³-hybridized carbons (Fsp3) is 0.462. The normalized spacial score (nSPS) is 12.1. The molecule has 0 aliphatic heterocycles. The van der Waals surface area contributed by atoms with Crippen LogP contribution in [0.2, 0.25) is 0 Å². The van der Waals surface area contributed by atoms with Gasteiger partial charge in [-0.05, 0) is 32.9 Å². The molecule has 0 aliphatic carbocycles. The van der Waals surface area contributed by atoms with Gasteiger partial charge in [-0.25, -0.2) is 4.99 Å². The Morgan fingerprint density at radius 2 is 2.21 bits per heavy atom. The lowest BCUT2D eigenvalue weighted by Crippen LogP contribution is -2.41. The summed E-state index contributed by atoms with van der Waals surface area (Å²) >= 11 is 0. The highest BCUT2D eigenvalue weighted by molar-refractivity contribution is 5.79. The van der Waals surface area contributed by atoms with E-state index in [9.17, 15) is 0 Å². The van der Waals surface area contributed by atoms with Gasteiger partial charge >= 0.3 is 0 Å². The molecule has 0 radical (unpaired) electrons. The van der Waals surface area contributed by atoms with Gasteiger partial charge in [0.25, 0.3) is 0 Å². The van der Waals surface area contributed by atoms with Crippen LogP contribution in [0.3, 0.4) is 0 Å². The Labute approximate surface area is 113 Å². The summed E-state index contributed by atoms with van der Waals surface area (Å²) in [6.07, 6.45) is 1.95. The van der Waals surface area contributed by atoms with Gasteiger partial charge in [-0.2, -0.15) is 0 Å². The molecule has 0 spiro atoms. The van der Waals surface area contributed by atoms with E-state index in [1.54, 1.807) is 0 Å². The number of guanidine groups is 1. The highest BCUT2D eigenvalue weighted by atomic mass is 15.3. The molecule has 0 unspecified atom stereocenters. The van der Waals surface area contributed by atoms with E-state index >= 15 is 0 Å².